The van der Waals surface area contributed by atoms with Gasteiger partial charge in [-0.05, 0) is 42.5 Å². The summed E-state index contributed by atoms with van der Waals surface area (Å²) in [5.74, 6) is 0.0589. The molecule has 0 bridgehead atoms. The lowest BCUT2D eigenvalue weighted by Gasteiger charge is -2.10. The maximum atomic E-state index is 9.43. The maximum absolute atomic E-state index is 9.43. The van der Waals surface area contributed by atoms with Crippen LogP contribution in [0.3, 0.4) is 0 Å². The molecule has 3 nitrogen and oxygen atoms in total. The topological polar surface area (TPSA) is 45.1 Å². The summed E-state index contributed by atoms with van der Waals surface area (Å²) in [4.78, 5) is 4.29. The lowest BCUT2D eigenvalue weighted by molar-refractivity contribution is 0.475. The number of phenols is 1. The highest BCUT2D eigenvalue weighted by Gasteiger charge is 2.05. The van der Waals surface area contributed by atoms with Gasteiger partial charge in [-0.25, -0.2) is 0 Å². The molecule has 2 aromatic carbocycles. The number of hydrogen-bond acceptors (Lipinski definition) is 3. The van der Waals surface area contributed by atoms with Gasteiger partial charge in [0.2, 0.25) is 0 Å². The van der Waals surface area contributed by atoms with Gasteiger partial charge in [0.05, 0.1) is 10.5 Å². The van der Waals surface area contributed by atoms with Crippen molar-refractivity contribution in [1.29, 1.82) is 0 Å². The molecule has 2 N–H and O–H groups in total. The Balaban J connectivity index is 2.04. The van der Waals surface area contributed by atoms with Gasteiger partial charge in [0.1, 0.15) is 5.75 Å². The molecule has 0 amide bonds. The molecule has 0 spiro atoms. The molecule has 1 aromatic heterocycles. The number of nitrogens with one attached hydrogen (secondary N) is 1. The van der Waals surface area contributed by atoms with Gasteiger partial charge < -0.3 is 10.4 Å². The summed E-state index contributed by atoms with van der Waals surface area (Å²) in [6.07, 6.45) is 1.71. The van der Waals surface area contributed by atoms with Gasteiger partial charge in [-0.1, -0.05) is 23.2 Å². The predicted molar refractivity (Wildman–Crippen MR) is 83.2 cm³/mol. The zero-order valence-corrected chi connectivity index (χ0v) is 11.8. The van der Waals surface area contributed by atoms with Crippen molar-refractivity contribution in [1.82, 2.24) is 4.98 Å². The minimum atomic E-state index is 0.0589. The molecule has 20 heavy (non-hydrogen) atoms. The monoisotopic (exact) mass is 304 g/mol. The van der Waals surface area contributed by atoms with Gasteiger partial charge >= 0.3 is 0 Å². The highest BCUT2D eigenvalue weighted by molar-refractivity contribution is 6.32. The molecule has 3 rings (SSSR count). The molecule has 0 fully saturated rings. The fourth-order valence-corrected chi connectivity index (χ4v) is 2.32. The third kappa shape index (κ3) is 2.50. The Bertz CT molecular complexity index is 790. The van der Waals surface area contributed by atoms with Gasteiger partial charge in [0.15, 0.2) is 0 Å². The molecular weight excluding hydrogens is 295 g/mol. The molecule has 5 heteroatoms. The summed E-state index contributed by atoms with van der Waals surface area (Å²) in [7, 11) is 0. The molecule has 0 unspecified atom stereocenters. The van der Waals surface area contributed by atoms with Crippen molar-refractivity contribution in [2.75, 3.05) is 5.32 Å². The largest absolute Gasteiger partial charge is 0.506 e. The number of phenolic OH excluding ortho intramolecular Hbond substituents is 1. The van der Waals surface area contributed by atoms with E-state index in [4.69, 9.17) is 23.2 Å². The van der Waals surface area contributed by atoms with E-state index in [9.17, 15) is 5.11 Å². The fraction of sp³-hybridized carbons (Fsp3) is 0. The van der Waals surface area contributed by atoms with Crippen molar-refractivity contribution in [3.63, 3.8) is 0 Å². The van der Waals surface area contributed by atoms with Crippen molar-refractivity contribution >= 4 is 45.5 Å². The normalized spacial score (nSPS) is 10.7. The average molecular weight is 305 g/mol. The number of aromatic hydroxyl groups is 1. The van der Waals surface area contributed by atoms with E-state index in [0.717, 1.165) is 22.3 Å². The Morgan fingerprint density at radius 3 is 2.65 bits per heavy atom. The van der Waals surface area contributed by atoms with Crippen LogP contribution in [0.25, 0.3) is 10.9 Å². The number of fused-ring (bicyclic) bond motifs is 1. The summed E-state index contributed by atoms with van der Waals surface area (Å²) in [5.41, 5.74) is 2.50. The SMILES string of the molecule is Oc1ccc(Nc2ccnc3cc(Cl)ccc23)cc1Cl. The van der Waals surface area contributed by atoms with Crippen molar-refractivity contribution in [2.45, 2.75) is 0 Å². The highest BCUT2D eigenvalue weighted by Crippen LogP contribution is 2.30. The van der Waals surface area contributed by atoms with Gasteiger partial charge in [-0.2, -0.15) is 0 Å². The first-order chi connectivity index (χ1) is 9.63. The molecule has 0 aliphatic rings. The minimum absolute atomic E-state index is 0.0589. The van der Waals surface area contributed by atoms with Crippen LogP contribution in [0.15, 0.2) is 48.7 Å². The average Bonchev–Trinajstić information content (AvgIpc) is 2.43. The number of benzene rings is 2. The standard InChI is InChI=1S/C15H10Cl2N2O/c16-9-1-3-11-13(5-6-18-14(11)7-9)19-10-2-4-15(20)12(17)8-10/h1-8,20H,(H,18,19). The number of halogens is 2. The summed E-state index contributed by atoms with van der Waals surface area (Å²) in [5, 5.41) is 14.6. The number of aromatic nitrogens is 1. The molecule has 0 aliphatic carbocycles. The van der Waals surface area contributed by atoms with Crippen molar-refractivity contribution in [2.24, 2.45) is 0 Å². The van der Waals surface area contributed by atoms with Crippen molar-refractivity contribution in [3.05, 3.63) is 58.7 Å². The highest BCUT2D eigenvalue weighted by atomic mass is 35.5. The van der Waals surface area contributed by atoms with Gasteiger partial charge in [-0.3, -0.25) is 4.98 Å². The van der Waals surface area contributed by atoms with Gasteiger partial charge in [0.25, 0.3) is 0 Å². The zero-order valence-electron chi connectivity index (χ0n) is 10.3. The van der Waals surface area contributed by atoms with Crippen LogP contribution in [-0.4, -0.2) is 10.1 Å². The third-order valence-corrected chi connectivity index (χ3v) is 3.47. The van der Waals surface area contributed by atoms with E-state index in [2.05, 4.69) is 10.3 Å². The van der Waals surface area contributed by atoms with E-state index in [1.165, 1.54) is 0 Å². The smallest absolute Gasteiger partial charge is 0.134 e. The first-order valence-corrected chi connectivity index (χ1v) is 6.69. The van der Waals surface area contributed by atoms with Crippen LogP contribution in [0.5, 0.6) is 5.75 Å². The number of rotatable bonds is 2. The molecular formula is C15H10Cl2N2O. The number of hydrogen-bond donors (Lipinski definition) is 2. The summed E-state index contributed by atoms with van der Waals surface area (Å²) < 4.78 is 0. The Morgan fingerprint density at radius 2 is 1.85 bits per heavy atom. The Labute approximate surface area is 125 Å². The second-order valence-electron chi connectivity index (χ2n) is 4.31. The maximum Gasteiger partial charge on any atom is 0.134 e. The second-order valence-corrected chi connectivity index (χ2v) is 5.15. The number of nitrogens with zero attached hydrogens (tertiary/aromatic N) is 1. The van der Waals surface area contributed by atoms with Crippen LogP contribution in [0.4, 0.5) is 11.4 Å². The van der Waals surface area contributed by atoms with Gasteiger partial charge in [-0.15, -0.1) is 0 Å². The van der Waals surface area contributed by atoms with Crippen LogP contribution in [0.2, 0.25) is 10.0 Å². The first-order valence-electron chi connectivity index (χ1n) is 5.93. The molecule has 0 saturated carbocycles. The van der Waals surface area contributed by atoms with E-state index in [1.54, 1.807) is 24.4 Å². The molecule has 0 atom stereocenters. The van der Waals surface area contributed by atoms with Gasteiger partial charge in [0, 0.05) is 28.0 Å². The Kier molecular flexibility index (Phi) is 3.38. The molecule has 0 radical (unpaired) electrons. The summed E-state index contributed by atoms with van der Waals surface area (Å²) in [6.45, 7) is 0. The molecule has 1 heterocycles. The zero-order chi connectivity index (χ0) is 14.1. The lowest BCUT2D eigenvalue weighted by Crippen LogP contribution is -1.92. The fourth-order valence-electron chi connectivity index (χ4n) is 1.97. The lowest BCUT2D eigenvalue weighted by atomic mass is 10.2. The van der Waals surface area contributed by atoms with Crippen LogP contribution < -0.4 is 5.32 Å². The quantitative estimate of drug-likeness (QED) is 0.656. The molecule has 100 valence electrons. The van der Waals surface area contributed by atoms with E-state index in [-0.39, 0.29) is 5.75 Å². The summed E-state index contributed by atoms with van der Waals surface area (Å²) in [6, 6.07) is 12.4. The summed E-state index contributed by atoms with van der Waals surface area (Å²) >= 11 is 11.9. The molecule has 3 aromatic rings. The van der Waals surface area contributed by atoms with Crippen LogP contribution >= 0.6 is 23.2 Å². The first kappa shape index (κ1) is 13.0. The molecule has 0 saturated heterocycles. The Morgan fingerprint density at radius 1 is 1.00 bits per heavy atom. The number of pyridine rings is 1. The second kappa shape index (κ2) is 5.19. The predicted octanol–water partition coefficient (Wildman–Crippen LogP) is 4.99. The number of anilines is 2. The van der Waals surface area contributed by atoms with Crippen LogP contribution in [0.1, 0.15) is 0 Å². The van der Waals surface area contributed by atoms with E-state index in [0.29, 0.717) is 10.0 Å². The van der Waals surface area contributed by atoms with Crippen molar-refractivity contribution < 1.29 is 5.11 Å². The van der Waals surface area contributed by atoms with E-state index in [1.807, 2.05) is 24.3 Å². The molecule has 0 aliphatic heterocycles. The van der Waals surface area contributed by atoms with Crippen LogP contribution in [-0.2, 0) is 0 Å². The van der Waals surface area contributed by atoms with E-state index < -0.39 is 0 Å². The van der Waals surface area contributed by atoms with Crippen LogP contribution in [0, 0.1) is 0 Å². The third-order valence-electron chi connectivity index (χ3n) is 2.93. The minimum Gasteiger partial charge on any atom is -0.506 e. The van der Waals surface area contributed by atoms with E-state index >= 15 is 0 Å². The van der Waals surface area contributed by atoms with Crippen molar-refractivity contribution in [3.8, 4) is 5.75 Å². The Hall–Kier alpha value is -1.97.